The van der Waals surface area contributed by atoms with E-state index < -0.39 is 0 Å². The zero-order chi connectivity index (χ0) is 11.8. The molecule has 1 aromatic rings. The molecule has 3 rings (SSSR count). The summed E-state index contributed by atoms with van der Waals surface area (Å²) in [4.78, 5) is 3.93. The van der Waals surface area contributed by atoms with Crippen LogP contribution >= 0.6 is 24.4 Å². The lowest BCUT2D eigenvalue weighted by Crippen LogP contribution is -2.38. The molecule has 1 heterocycles. The predicted molar refractivity (Wildman–Crippen MR) is 78.5 cm³/mol. The summed E-state index contributed by atoms with van der Waals surface area (Å²) in [5.41, 5.74) is 2.23. The highest BCUT2D eigenvalue weighted by atomic mass is 32.1. The number of fused-ring (bicyclic) bond motifs is 1. The second kappa shape index (κ2) is 4.31. The van der Waals surface area contributed by atoms with Gasteiger partial charge in [-0.2, -0.15) is 0 Å². The molecule has 0 saturated heterocycles. The van der Waals surface area contributed by atoms with Crippen molar-refractivity contribution in [2.75, 3.05) is 0 Å². The van der Waals surface area contributed by atoms with Crippen molar-refractivity contribution in [3.63, 3.8) is 0 Å². The number of nitrogens with zero attached hydrogens (tertiary/aromatic N) is 1. The van der Waals surface area contributed by atoms with E-state index in [4.69, 9.17) is 24.4 Å². The van der Waals surface area contributed by atoms with Crippen LogP contribution in [0.5, 0.6) is 0 Å². The van der Waals surface area contributed by atoms with Gasteiger partial charge in [0.2, 0.25) is 0 Å². The van der Waals surface area contributed by atoms with Gasteiger partial charge in [0.1, 0.15) is 9.98 Å². The van der Waals surface area contributed by atoms with Crippen molar-refractivity contribution in [3.05, 3.63) is 47.5 Å². The lowest BCUT2D eigenvalue weighted by Gasteiger charge is -2.29. The van der Waals surface area contributed by atoms with Gasteiger partial charge in [0.25, 0.3) is 0 Å². The van der Waals surface area contributed by atoms with Crippen LogP contribution in [0.25, 0.3) is 0 Å². The van der Waals surface area contributed by atoms with Gasteiger partial charge < -0.3 is 4.90 Å². The zero-order valence-electron chi connectivity index (χ0n) is 9.43. The Morgan fingerprint density at radius 2 is 1.71 bits per heavy atom. The van der Waals surface area contributed by atoms with Gasteiger partial charge in [0, 0.05) is 11.1 Å². The summed E-state index contributed by atoms with van der Waals surface area (Å²) in [6.07, 6.45) is 8.02. The van der Waals surface area contributed by atoms with E-state index in [9.17, 15) is 0 Å². The Morgan fingerprint density at radius 3 is 2.24 bits per heavy atom. The molecule has 0 saturated carbocycles. The fourth-order valence-corrected chi connectivity index (χ4v) is 3.39. The van der Waals surface area contributed by atoms with Crippen molar-refractivity contribution in [3.8, 4) is 0 Å². The second-order valence-corrected chi connectivity index (χ2v) is 5.23. The average molecular weight is 259 g/mol. The Morgan fingerprint density at radius 1 is 1.06 bits per heavy atom. The van der Waals surface area contributed by atoms with E-state index in [1.165, 1.54) is 12.8 Å². The quantitative estimate of drug-likeness (QED) is 0.561. The number of hydrogen-bond donors (Lipinski definition) is 0. The largest absolute Gasteiger partial charge is 0.316 e. The fraction of sp³-hybridized carbons (Fsp3) is 0.286. The summed E-state index contributed by atoms with van der Waals surface area (Å²) >= 11 is 11.1. The van der Waals surface area contributed by atoms with Gasteiger partial charge in [-0.15, -0.1) is 0 Å². The Bertz CT molecular complexity index is 484. The molecule has 0 amide bonds. The highest BCUT2D eigenvalue weighted by Crippen LogP contribution is 2.29. The van der Waals surface area contributed by atoms with Crippen LogP contribution in [0.4, 0.5) is 0 Å². The summed E-state index contributed by atoms with van der Waals surface area (Å²) in [5, 5.41) is 0. The molecule has 0 radical (unpaired) electrons. The SMILES string of the molecule is S=C1c2ccccc2C(=S)N1[C@H]1C=CCCC1. The Kier molecular flexibility index (Phi) is 2.81. The van der Waals surface area contributed by atoms with Crippen molar-refractivity contribution in [2.45, 2.75) is 25.3 Å². The Labute approximate surface area is 112 Å². The van der Waals surface area contributed by atoms with Crippen LogP contribution in [-0.2, 0) is 0 Å². The maximum absolute atomic E-state index is 5.56. The first kappa shape index (κ1) is 11.1. The van der Waals surface area contributed by atoms with Gasteiger partial charge in [-0.25, -0.2) is 0 Å². The normalized spacial score (nSPS) is 23.1. The molecule has 86 valence electrons. The van der Waals surface area contributed by atoms with E-state index in [1.54, 1.807) is 0 Å². The van der Waals surface area contributed by atoms with Crippen molar-refractivity contribution in [1.82, 2.24) is 4.90 Å². The predicted octanol–water partition coefficient (Wildman–Crippen LogP) is 3.46. The molecule has 1 aliphatic carbocycles. The van der Waals surface area contributed by atoms with Crippen LogP contribution in [0.2, 0.25) is 0 Å². The molecule has 0 unspecified atom stereocenters. The van der Waals surface area contributed by atoms with Gasteiger partial charge in [-0.3, -0.25) is 0 Å². The Balaban J connectivity index is 2.00. The van der Waals surface area contributed by atoms with Crippen LogP contribution in [0.1, 0.15) is 30.4 Å². The third-order valence-corrected chi connectivity index (χ3v) is 4.22. The van der Waals surface area contributed by atoms with E-state index in [-0.39, 0.29) is 0 Å². The molecule has 0 spiro atoms. The first-order valence-corrected chi connectivity index (χ1v) is 6.74. The first-order valence-electron chi connectivity index (χ1n) is 5.92. The number of benzene rings is 1. The minimum atomic E-state index is 0.358. The molecule has 1 nitrogen and oxygen atoms in total. The minimum Gasteiger partial charge on any atom is -0.316 e. The van der Waals surface area contributed by atoms with Crippen LogP contribution in [0.15, 0.2) is 36.4 Å². The van der Waals surface area contributed by atoms with Gasteiger partial charge >= 0.3 is 0 Å². The summed E-state index contributed by atoms with van der Waals surface area (Å²) in [5.74, 6) is 0. The van der Waals surface area contributed by atoms with Gasteiger partial charge in [0.15, 0.2) is 0 Å². The lowest BCUT2D eigenvalue weighted by atomic mass is 10.0. The topological polar surface area (TPSA) is 3.24 Å². The highest BCUT2D eigenvalue weighted by Gasteiger charge is 2.33. The van der Waals surface area contributed by atoms with Crippen molar-refractivity contribution < 1.29 is 0 Å². The molecule has 1 atom stereocenters. The lowest BCUT2D eigenvalue weighted by molar-refractivity contribution is 0.468. The molecule has 1 aromatic carbocycles. The number of allylic oxidation sites excluding steroid dienone is 1. The van der Waals surface area contributed by atoms with Gasteiger partial charge in [-0.05, 0) is 19.3 Å². The minimum absolute atomic E-state index is 0.358. The molecular formula is C14H13NS2. The number of hydrogen-bond acceptors (Lipinski definition) is 2. The van der Waals surface area contributed by atoms with E-state index >= 15 is 0 Å². The molecule has 1 aliphatic heterocycles. The van der Waals surface area contributed by atoms with Crippen molar-refractivity contribution in [2.24, 2.45) is 0 Å². The Hall–Kier alpha value is -1.06. The van der Waals surface area contributed by atoms with Crippen LogP contribution in [-0.4, -0.2) is 20.9 Å². The van der Waals surface area contributed by atoms with Crippen LogP contribution in [0.3, 0.4) is 0 Å². The molecule has 0 N–H and O–H groups in total. The summed E-state index contributed by atoms with van der Waals surface area (Å²) in [6, 6.07) is 8.53. The standard InChI is InChI=1S/C14H13NS2/c16-13-11-8-4-5-9-12(11)14(17)15(13)10-6-2-1-3-7-10/h2,4-6,8-10H,1,3,7H2/t10-/m0/s1. The van der Waals surface area contributed by atoms with E-state index in [0.29, 0.717) is 6.04 Å². The molecule has 2 aliphatic rings. The van der Waals surface area contributed by atoms with E-state index in [1.807, 2.05) is 12.1 Å². The summed E-state index contributed by atoms with van der Waals surface area (Å²) < 4.78 is 0. The third-order valence-electron chi connectivity index (χ3n) is 3.39. The smallest absolute Gasteiger partial charge is 0.115 e. The van der Waals surface area contributed by atoms with E-state index in [0.717, 1.165) is 27.5 Å². The molecule has 0 bridgehead atoms. The fourth-order valence-electron chi connectivity index (χ4n) is 2.52. The average Bonchev–Trinajstić information content (AvgIpc) is 2.64. The van der Waals surface area contributed by atoms with Gasteiger partial charge in [-0.1, -0.05) is 60.9 Å². The molecule has 17 heavy (non-hydrogen) atoms. The number of thiocarbonyl (C=S) groups is 2. The highest BCUT2D eigenvalue weighted by molar-refractivity contribution is 7.82. The summed E-state index contributed by atoms with van der Waals surface area (Å²) in [7, 11) is 0. The maximum Gasteiger partial charge on any atom is 0.115 e. The van der Waals surface area contributed by atoms with Crippen LogP contribution in [0, 0.1) is 0 Å². The van der Waals surface area contributed by atoms with Crippen LogP contribution < -0.4 is 0 Å². The summed E-state index contributed by atoms with van der Waals surface area (Å²) in [6.45, 7) is 0. The monoisotopic (exact) mass is 259 g/mol. The molecule has 0 fully saturated rings. The first-order chi connectivity index (χ1) is 8.29. The zero-order valence-corrected chi connectivity index (χ0v) is 11.1. The second-order valence-electron chi connectivity index (χ2n) is 4.45. The van der Waals surface area contributed by atoms with Gasteiger partial charge in [0.05, 0.1) is 6.04 Å². The maximum atomic E-state index is 5.56. The third kappa shape index (κ3) is 1.74. The van der Waals surface area contributed by atoms with Crippen molar-refractivity contribution >= 4 is 34.4 Å². The van der Waals surface area contributed by atoms with E-state index in [2.05, 4.69) is 29.2 Å². The molecule has 3 heteroatoms. The van der Waals surface area contributed by atoms with Crippen molar-refractivity contribution in [1.29, 1.82) is 0 Å². The molecule has 0 aromatic heterocycles. The number of rotatable bonds is 1. The molecular weight excluding hydrogens is 246 g/mol.